The van der Waals surface area contributed by atoms with E-state index in [0.29, 0.717) is 0 Å². The van der Waals surface area contributed by atoms with Gasteiger partial charge >= 0.3 is 0 Å². The summed E-state index contributed by atoms with van der Waals surface area (Å²) in [5, 5.41) is 4.50. The molecule has 2 aliphatic heterocycles. The van der Waals surface area contributed by atoms with Gasteiger partial charge in [0.2, 0.25) is 0 Å². The third-order valence-corrected chi connectivity index (χ3v) is 23.9. The summed E-state index contributed by atoms with van der Waals surface area (Å²) in [6.07, 6.45) is 0. The molecule has 0 fully saturated rings. The van der Waals surface area contributed by atoms with Gasteiger partial charge in [-0.25, -0.2) is 0 Å². The number of para-hydroxylation sites is 10. The second-order valence-corrected chi connectivity index (χ2v) is 28.6. The maximum atomic E-state index is 6.64. The monoisotopic (exact) mass is 1310 g/mol. The van der Waals surface area contributed by atoms with Crippen molar-refractivity contribution in [1.29, 1.82) is 0 Å². The van der Waals surface area contributed by atoms with Gasteiger partial charge in [-0.2, -0.15) is 0 Å². The molecule has 100 heavy (non-hydrogen) atoms. The zero-order chi connectivity index (χ0) is 65.6. The fourth-order valence-corrected chi connectivity index (χ4v) is 20.0. The minimum Gasteiger partial charge on any atom is -0.455 e. The summed E-state index contributed by atoms with van der Waals surface area (Å²) < 4.78 is 13.3. The second-order valence-electron chi connectivity index (χ2n) is 26.5. The summed E-state index contributed by atoms with van der Waals surface area (Å²) in [6, 6.07) is 130. The molecule has 4 aromatic heterocycles. The van der Waals surface area contributed by atoms with Gasteiger partial charge in [-0.1, -0.05) is 255 Å². The number of nitrogens with zero attached hydrogens (tertiary/aromatic N) is 2. The van der Waals surface area contributed by atoms with Crippen molar-refractivity contribution in [2.24, 2.45) is 0 Å². The SMILES string of the molecule is c1ccc(N2c3ccccc3C3(c4ccccc42)c2cc(-c4cccc(-c5cccc(-c6cccc7c6oc6ccccc67)c5)c4)sc2C2(c4ccccc4N(c4ccccc4)c4ccccc42)c2cc(-c4cccc(-c5cccc(-c6cccc7c6oc6ccccc67)c5)c4)sc23)cc1. The molecule has 0 amide bonds. The van der Waals surface area contributed by atoms with Crippen molar-refractivity contribution in [2.45, 2.75) is 10.8 Å². The van der Waals surface area contributed by atoms with Crippen LogP contribution in [0.3, 0.4) is 0 Å². The normalized spacial score (nSPS) is 13.7. The van der Waals surface area contributed by atoms with Crippen LogP contribution in [0.25, 0.3) is 109 Å². The van der Waals surface area contributed by atoms with Crippen molar-refractivity contribution < 1.29 is 8.83 Å². The number of hydrogen-bond acceptors (Lipinski definition) is 6. The van der Waals surface area contributed by atoms with E-state index in [-0.39, 0.29) is 0 Å². The van der Waals surface area contributed by atoms with E-state index < -0.39 is 10.8 Å². The fourth-order valence-electron chi connectivity index (χ4n) is 17.1. The van der Waals surface area contributed by atoms with Gasteiger partial charge in [-0.15, -0.1) is 22.7 Å². The van der Waals surface area contributed by atoms with Gasteiger partial charge in [0.15, 0.2) is 0 Å². The van der Waals surface area contributed by atoms with Crippen LogP contribution in [-0.2, 0) is 10.8 Å². The Kier molecular flexibility index (Phi) is 12.6. The van der Waals surface area contributed by atoms with Gasteiger partial charge in [0.25, 0.3) is 0 Å². The van der Waals surface area contributed by atoms with Crippen LogP contribution in [-0.4, -0.2) is 0 Å². The number of fused-ring (bicyclic) bond motifs is 20. The van der Waals surface area contributed by atoms with E-state index in [1.54, 1.807) is 0 Å². The lowest BCUT2D eigenvalue weighted by atomic mass is 9.53. The van der Waals surface area contributed by atoms with Gasteiger partial charge < -0.3 is 18.6 Å². The van der Waals surface area contributed by atoms with E-state index >= 15 is 0 Å². The van der Waals surface area contributed by atoms with E-state index in [2.05, 4.69) is 350 Å². The average molecular weight is 1310 g/mol. The van der Waals surface area contributed by atoms with Crippen molar-refractivity contribution in [2.75, 3.05) is 9.80 Å². The molecule has 6 heterocycles. The van der Waals surface area contributed by atoms with Crippen LogP contribution in [0.4, 0.5) is 34.1 Å². The van der Waals surface area contributed by atoms with Crippen LogP contribution in [0, 0.1) is 0 Å². The Labute approximate surface area is 586 Å². The van der Waals surface area contributed by atoms with Crippen LogP contribution >= 0.6 is 22.7 Å². The third kappa shape index (κ3) is 8.20. The molecular weight excluding hydrogens is 1250 g/mol. The minimum absolute atomic E-state index is 0.820. The van der Waals surface area contributed by atoms with Gasteiger partial charge in [0, 0.05) is 63.6 Å². The van der Waals surface area contributed by atoms with E-state index in [1.807, 2.05) is 34.8 Å². The van der Waals surface area contributed by atoms with Crippen LogP contribution in [0.1, 0.15) is 43.1 Å². The molecule has 3 aliphatic rings. The van der Waals surface area contributed by atoms with Crippen molar-refractivity contribution in [3.05, 3.63) is 395 Å². The molecular formula is C94H58N2O2S2. The largest absolute Gasteiger partial charge is 0.455 e. The van der Waals surface area contributed by atoms with Gasteiger partial charge in [-0.05, 0) is 175 Å². The first-order valence-corrected chi connectivity index (χ1v) is 35.8. The van der Waals surface area contributed by atoms with Crippen LogP contribution in [0.15, 0.2) is 361 Å². The third-order valence-electron chi connectivity index (χ3n) is 21.3. The molecule has 14 aromatic carbocycles. The highest BCUT2D eigenvalue weighted by molar-refractivity contribution is 7.17. The Morgan fingerprint density at radius 1 is 0.230 bits per heavy atom. The molecule has 1 aliphatic carbocycles. The Balaban J connectivity index is 0.816. The van der Waals surface area contributed by atoms with Crippen molar-refractivity contribution in [3.8, 4) is 65.4 Å². The Morgan fingerprint density at radius 2 is 0.530 bits per heavy atom. The predicted octanol–water partition coefficient (Wildman–Crippen LogP) is 26.3. The van der Waals surface area contributed by atoms with Crippen molar-refractivity contribution in [3.63, 3.8) is 0 Å². The summed E-state index contributed by atoms with van der Waals surface area (Å²) in [5.74, 6) is 0. The van der Waals surface area contributed by atoms with Gasteiger partial charge in [0.1, 0.15) is 22.3 Å². The summed E-state index contributed by atoms with van der Waals surface area (Å²) in [7, 11) is 0. The van der Waals surface area contributed by atoms with E-state index in [4.69, 9.17) is 8.83 Å². The number of furan rings is 2. The Morgan fingerprint density at radius 3 is 0.920 bits per heavy atom. The zero-order valence-electron chi connectivity index (χ0n) is 54.0. The number of hydrogen-bond donors (Lipinski definition) is 0. The number of benzene rings is 14. The molecule has 2 spiro atoms. The van der Waals surface area contributed by atoms with Gasteiger partial charge in [-0.3, -0.25) is 0 Å². The molecule has 0 N–H and O–H groups in total. The van der Waals surface area contributed by atoms with Crippen molar-refractivity contribution >= 4 is 101 Å². The first-order chi connectivity index (χ1) is 49.6. The van der Waals surface area contributed by atoms with Crippen molar-refractivity contribution in [1.82, 2.24) is 0 Å². The molecule has 468 valence electrons. The molecule has 0 saturated carbocycles. The second kappa shape index (κ2) is 22.1. The highest BCUT2D eigenvalue weighted by Crippen LogP contribution is 2.71. The summed E-state index contributed by atoms with van der Waals surface area (Å²) >= 11 is 3.92. The molecule has 0 unspecified atom stereocenters. The molecule has 0 atom stereocenters. The highest BCUT2D eigenvalue weighted by Gasteiger charge is 2.61. The first kappa shape index (κ1) is 56.8. The quantitative estimate of drug-likeness (QED) is 0.152. The van der Waals surface area contributed by atoms with Crippen LogP contribution in [0.2, 0.25) is 0 Å². The molecule has 18 aromatic rings. The molecule has 0 saturated heterocycles. The first-order valence-electron chi connectivity index (χ1n) is 34.2. The molecule has 0 bridgehead atoms. The fraction of sp³-hybridized carbons (Fsp3) is 0.0213. The number of anilines is 6. The smallest absolute Gasteiger partial charge is 0.143 e. The lowest BCUT2D eigenvalue weighted by Crippen LogP contribution is -2.47. The molecule has 4 nitrogen and oxygen atoms in total. The number of rotatable bonds is 8. The Bertz CT molecular complexity index is 5820. The average Bonchev–Trinajstić information content (AvgIpc) is 1.31. The van der Waals surface area contributed by atoms with E-state index in [0.717, 1.165) is 134 Å². The van der Waals surface area contributed by atoms with E-state index in [1.165, 1.54) is 52.9 Å². The molecule has 0 radical (unpaired) electrons. The standard InChI is InChI=1S/C94H58N2O2S2/c1-3-33-67(34-4-1)95-81-47-13-9-43-75(81)93(76-44-10-14-48-82(76)95)79-57-87(65-31-21-27-61(55-65)59-25-19-29-63(53-59)69-39-23-41-73-71-37-7-17-51-85(71)97-89(69)73)100-92(79)94(77-45-11-15-49-83(77)96(68-35-5-2-6-36-68)84-50-16-12-46-78(84)94)80-58-88(99-91(80)93)66-32-22-28-62(56-66)60-26-20-30-64(54-60)70-40-24-42-74-72-38-8-18-52-86(72)98-90(70)74/h1-58H. The maximum absolute atomic E-state index is 6.64. The maximum Gasteiger partial charge on any atom is 0.143 e. The lowest BCUT2D eigenvalue weighted by Gasteiger charge is -2.53. The Hall–Kier alpha value is -12.3. The molecule has 21 rings (SSSR count). The van der Waals surface area contributed by atoms with Gasteiger partial charge in [0.05, 0.1) is 33.6 Å². The van der Waals surface area contributed by atoms with Crippen LogP contribution < -0.4 is 9.80 Å². The summed E-state index contributed by atoms with van der Waals surface area (Å²) in [5.41, 5.74) is 27.6. The molecule has 6 heteroatoms. The summed E-state index contributed by atoms with van der Waals surface area (Å²) in [6.45, 7) is 0. The minimum atomic E-state index is -0.820. The number of thiophene rings is 2. The lowest BCUT2D eigenvalue weighted by molar-refractivity contribution is 0.634. The highest BCUT2D eigenvalue weighted by atomic mass is 32.1. The summed E-state index contributed by atoms with van der Waals surface area (Å²) in [4.78, 5) is 10.0. The topological polar surface area (TPSA) is 32.8 Å². The van der Waals surface area contributed by atoms with E-state index in [9.17, 15) is 0 Å². The van der Waals surface area contributed by atoms with Crippen LogP contribution in [0.5, 0.6) is 0 Å². The zero-order valence-corrected chi connectivity index (χ0v) is 55.6. The predicted molar refractivity (Wildman–Crippen MR) is 416 cm³/mol.